The van der Waals surface area contributed by atoms with Gasteiger partial charge in [-0.2, -0.15) is 5.10 Å². The van der Waals surface area contributed by atoms with Crippen LogP contribution in [0.5, 0.6) is 0 Å². The van der Waals surface area contributed by atoms with Crippen LogP contribution >= 0.6 is 11.3 Å². The highest BCUT2D eigenvalue weighted by Crippen LogP contribution is 2.34. The Bertz CT molecular complexity index is 1260. The summed E-state index contributed by atoms with van der Waals surface area (Å²) in [4.78, 5) is 16.6. The van der Waals surface area contributed by atoms with Crippen molar-refractivity contribution in [3.05, 3.63) is 76.4 Å². The maximum atomic E-state index is 14.3. The van der Waals surface area contributed by atoms with Crippen LogP contribution < -0.4 is 5.32 Å². The fourth-order valence-corrected chi connectivity index (χ4v) is 5.15. The van der Waals surface area contributed by atoms with E-state index in [9.17, 15) is 9.18 Å². The van der Waals surface area contributed by atoms with Crippen LogP contribution in [-0.2, 0) is 20.0 Å². The second-order valence-corrected chi connectivity index (χ2v) is 8.86. The van der Waals surface area contributed by atoms with Crippen molar-refractivity contribution in [3.8, 4) is 11.3 Å². The molecule has 5 nitrogen and oxygen atoms in total. The van der Waals surface area contributed by atoms with Crippen LogP contribution in [0.3, 0.4) is 0 Å². The Labute approximate surface area is 184 Å². The molecule has 1 aliphatic rings. The number of amides is 1. The molecule has 0 spiro atoms. The number of carbonyl (C=O) groups is 1. The molecular formula is C24H23FN4OS. The molecule has 0 bridgehead atoms. The molecule has 0 saturated carbocycles. The van der Waals surface area contributed by atoms with Crippen LogP contribution in [0, 0.1) is 5.82 Å². The largest absolute Gasteiger partial charge is 0.350 e. The highest BCUT2D eigenvalue weighted by atomic mass is 32.1. The normalized spacial score (nSPS) is 14.0. The van der Waals surface area contributed by atoms with Gasteiger partial charge in [0.1, 0.15) is 16.3 Å². The summed E-state index contributed by atoms with van der Waals surface area (Å²) in [6.07, 6.45) is 1.05. The number of aromatic nitrogens is 2. The molecule has 0 unspecified atom stereocenters. The van der Waals surface area contributed by atoms with Gasteiger partial charge in [0.15, 0.2) is 0 Å². The van der Waals surface area contributed by atoms with E-state index in [-0.39, 0.29) is 11.7 Å². The van der Waals surface area contributed by atoms with E-state index in [0.717, 1.165) is 36.3 Å². The smallest absolute Gasteiger partial charge is 0.261 e. The van der Waals surface area contributed by atoms with E-state index < -0.39 is 0 Å². The van der Waals surface area contributed by atoms with Gasteiger partial charge in [0.05, 0.1) is 4.88 Å². The zero-order valence-corrected chi connectivity index (χ0v) is 18.1. The number of fused-ring (bicyclic) bond motifs is 2. The van der Waals surface area contributed by atoms with E-state index in [1.807, 2.05) is 13.1 Å². The van der Waals surface area contributed by atoms with E-state index in [1.54, 1.807) is 22.9 Å². The van der Waals surface area contributed by atoms with Crippen molar-refractivity contribution in [2.24, 2.45) is 7.05 Å². The zero-order valence-electron chi connectivity index (χ0n) is 17.3. The van der Waals surface area contributed by atoms with Crippen LogP contribution in [0.25, 0.3) is 21.5 Å². The van der Waals surface area contributed by atoms with E-state index in [2.05, 4.69) is 39.6 Å². The van der Waals surface area contributed by atoms with Crippen LogP contribution in [0.15, 0.2) is 54.6 Å². The Morgan fingerprint density at radius 1 is 1.16 bits per heavy atom. The minimum Gasteiger partial charge on any atom is -0.350 e. The van der Waals surface area contributed by atoms with Crippen molar-refractivity contribution >= 4 is 27.5 Å². The molecule has 5 rings (SSSR count). The molecule has 0 saturated heterocycles. The second kappa shape index (κ2) is 8.24. The molecule has 2 aromatic carbocycles. The average Bonchev–Trinajstić information content (AvgIpc) is 3.35. The summed E-state index contributed by atoms with van der Waals surface area (Å²) in [5.41, 5.74) is 3.81. The summed E-state index contributed by atoms with van der Waals surface area (Å²) >= 11 is 1.38. The summed E-state index contributed by atoms with van der Waals surface area (Å²) in [5, 5.41) is 8.31. The molecule has 1 aliphatic heterocycles. The predicted octanol–water partition coefficient (Wildman–Crippen LogP) is 4.23. The second-order valence-electron chi connectivity index (χ2n) is 7.83. The zero-order chi connectivity index (χ0) is 21.4. The number of hydrogen-bond acceptors (Lipinski definition) is 4. The summed E-state index contributed by atoms with van der Waals surface area (Å²) in [5.74, 6) is -0.416. The lowest BCUT2D eigenvalue weighted by molar-refractivity contribution is 0.0951. The minimum atomic E-state index is -0.317. The molecule has 31 heavy (non-hydrogen) atoms. The monoisotopic (exact) mass is 434 g/mol. The number of thiophene rings is 1. The van der Waals surface area contributed by atoms with Gasteiger partial charge in [0.25, 0.3) is 5.91 Å². The molecule has 1 N–H and O–H groups in total. The summed E-state index contributed by atoms with van der Waals surface area (Å²) in [6, 6.07) is 17.0. The number of halogens is 1. The molecule has 7 heteroatoms. The lowest BCUT2D eigenvalue weighted by Gasteiger charge is -2.28. The maximum Gasteiger partial charge on any atom is 0.261 e. The number of hydrogen-bond donors (Lipinski definition) is 1. The first-order valence-corrected chi connectivity index (χ1v) is 11.2. The lowest BCUT2D eigenvalue weighted by Crippen LogP contribution is -2.37. The highest BCUT2D eigenvalue weighted by Gasteiger charge is 2.20. The molecule has 0 aliphatic carbocycles. The average molecular weight is 435 g/mol. The first-order chi connectivity index (χ1) is 15.1. The Morgan fingerprint density at radius 3 is 2.77 bits per heavy atom. The molecule has 0 atom stereocenters. The minimum absolute atomic E-state index is 0.0990. The maximum absolute atomic E-state index is 14.3. The van der Waals surface area contributed by atoms with Gasteiger partial charge in [-0.15, -0.1) is 11.3 Å². The molecule has 158 valence electrons. The number of carbonyl (C=O) groups excluding carboxylic acids is 1. The SMILES string of the molecule is Cn1nc(-c2ccccc2F)c2cc(C(=O)NCCN3CCc4ccccc4C3)sc21. The fourth-order valence-electron chi connectivity index (χ4n) is 4.16. The third-order valence-corrected chi connectivity index (χ3v) is 6.99. The molecule has 0 radical (unpaired) electrons. The highest BCUT2D eigenvalue weighted by molar-refractivity contribution is 7.20. The van der Waals surface area contributed by atoms with Crippen LogP contribution in [-0.4, -0.2) is 40.2 Å². The molecule has 0 fully saturated rings. The number of nitrogens with zero attached hydrogens (tertiary/aromatic N) is 3. The van der Waals surface area contributed by atoms with Gasteiger partial charge in [-0.05, 0) is 35.7 Å². The first-order valence-electron chi connectivity index (χ1n) is 10.4. The molecule has 2 aromatic heterocycles. The van der Waals surface area contributed by atoms with E-state index in [4.69, 9.17) is 0 Å². The standard InChI is InChI=1S/C24H23FN4OS/c1-28-24-19(22(27-28)18-8-4-5-9-20(18)25)14-21(31-24)23(30)26-11-13-29-12-10-16-6-2-3-7-17(16)15-29/h2-9,14H,10-13,15H2,1H3,(H,26,30). The molecule has 3 heterocycles. The van der Waals surface area contributed by atoms with Crippen molar-refractivity contribution in [2.45, 2.75) is 13.0 Å². The summed E-state index contributed by atoms with van der Waals surface area (Å²) in [7, 11) is 1.82. The van der Waals surface area contributed by atoms with Crippen molar-refractivity contribution in [1.82, 2.24) is 20.0 Å². The molecule has 4 aromatic rings. The van der Waals surface area contributed by atoms with Crippen LogP contribution in [0.1, 0.15) is 20.8 Å². The van der Waals surface area contributed by atoms with E-state index in [1.165, 1.54) is 28.5 Å². The Hall–Kier alpha value is -3.03. The Morgan fingerprint density at radius 2 is 1.94 bits per heavy atom. The van der Waals surface area contributed by atoms with Gasteiger partial charge in [-0.3, -0.25) is 14.4 Å². The first kappa shape index (κ1) is 19.9. The number of benzene rings is 2. The quantitative estimate of drug-likeness (QED) is 0.512. The van der Waals surface area contributed by atoms with E-state index >= 15 is 0 Å². The van der Waals surface area contributed by atoms with Gasteiger partial charge in [0.2, 0.25) is 0 Å². The van der Waals surface area contributed by atoms with Crippen LogP contribution in [0.2, 0.25) is 0 Å². The van der Waals surface area contributed by atoms with Gasteiger partial charge >= 0.3 is 0 Å². The number of nitrogens with one attached hydrogen (secondary N) is 1. The molecule has 1 amide bonds. The number of rotatable bonds is 5. The predicted molar refractivity (Wildman–Crippen MR) is 122 cm³/mol. The Kier molecular flexibility index (Phi) is 5.29. The van der Waals surface area contributed by atoms with Crippen molar-refractivity contribution in [1.29, 1.82) is 0 Å². The molecular weight excluding hydrogens is 411 g/mol. The van der Waals surface area contributed by atoms with Crippen molar-refractivity contribution in [3.63, 3.8) is 0 Å². The van der Waals surface area contributed by atoms with Gasteiger partial charge in [-0.1, -0.05) is 36.4 Å². The van der Waals surface area contributed by atoms with Gasteiger partial charge in [0, 0.05) is 44.2 Å². The third kappa shape index (κ3) is 3.86. The third-order valence-electron chi connectivity index (χ3n) is 5.79. The fraction of sp³-hybridized carbons (Fsp3) is 0.250. The topological polar surface area (TPSA) is 50.2 Å². The summed E-state index contributed by atoms with van der Waals surface area (Å²) in [6.45, 7) is 3.33. The van der Waals surface area contributed by atoms with Gasteiger partial charge in [-0.25, -0.2) is 4.39 Å². The van der Waals surface area contributed by atoms with Crippen molar-refractivity contribution in [2.75, 3.05) is 19.6 Å². The number of aryl methyl sites for hydroxylation is 1. The van der Waals surface area contributed by atoms with E-state index in [0.29, 0.717) is 22.7 Å². The van der Waals surface area contributed by atoms with Crippen LogP contribution in [0.4, 0.5) is 4.39 Å². The summed E-state index contributed by atoms with van der Waals surface area (Å²) < 4.78 is 16.0. The van der Waals surface area contributed by atoms with Gasteiger partial charge < -0.3 is 5.32 Å². The lowest BCUT2D eigenvalue weighted by atomic mass is 10.00. The van der Waals surface area contributed by atoms with Crippen molar-refractivity contribution < 1.29 is 9.18 Å². The Balaban J connectivity index is 1.27.